The van der Waals surface area contributed by atoms with Crippen molar-refractivity contribution in [2.45, 2.75) is 19.6 Å². The van der Waals surface area contributed by atoms with Crippen LogP contribution >= 0.6 is 11.3 Å². The second-order valence-corrected chi connectivity index (χ2v) is 3.79. The fourth-order valence-corrected chi connectivity index (χ4v) is 1.97. The number of hydrogen-bond acceptors (Lipinski definition) is 4. The van der Waals surface area contributed by atoms with Crippen LogP contribution in [0.4, 0.5) is 18.3 Å². The molecule has 0 aliphatic rings. The van der Waals surface area contributed by atoms with Gasteiger partial charge in [0.25, 0.3) is 0 Å². The molecule has 1 rings (SSSR count). The summed E-state index contributed by atoms with van der Waals surface area (Å²) >= 11 is 1.18. The zero-order valence-electron chi connectivity index (χ0n) is 8.21. The minimum absolute atomic E-state index is 0.250. The van der Waals surface area contributed by atoms with Crippen LogP contribution in [0.1, 0.15) is 12.6 Å². The molecule has 1 aromatic rings. The summed E-state index contributed by atoms with van der Waals surface area (Å²) in [5.74, 6) is 0. The van der Waals surface area contributed by atoms with Crippen molar-refractivity contribution in [3.05, 3.63) is 11.1 Å². The SMILES string of the molecule is CCN(CC(F)(F)F)c1nc(CN)cs1. The Morgan fingerprint density at radius 1 is 1.53 bits per heavy atom. The van der Waals surface area contributed by atoms with Crippen LogP contribution < -0.4 is 10.6 Å². The Hall–Kier alpha value is -0.820. The highest BCUT2D eigenvalue weighted by molar-refractivity contribution is 7.13. The normalized spacial score (nSPS) is 11.8. The van der Waals surface area contributed by atoms with Crippen molar-refractivity contribution in [2.75, 3.05) is 18.0 Å². The van der Waals surface area contributed by atoms with Crippen LogP contribution in [0.2, 0.25) is 0 Å². The molecule has 0 bridgehead atoms. The predicted molar refractivity (Wildman–Crippen MR) is 53.9 cm³/mol. The molecule has 0 spiro atoms. The van der Waals surface area contributed by atoms with Crippen LogP contribution in [0.15, 0.2) is 5.38 Å². The summed E-state index contributed by atoms with van der Waals surface area (Å²) in [4.78, 5) is 5.19. The lowest BCUT2D eigenvalue weighted by Crippen LogP contribution is -2.34. The van der Waals surface area contributed by atoms with Gasteiger partial charge in [-0.2, -0.15) is 13.2 Å². The molecule has 0 amide bonds. The van der Waals surface area contributed by atoms with E-state index in [1.54, 1.807) is 12.3 Å². The van der Waals surface area contributed by atoms with Crippen LogP contribution in [0.3, 0.4) is 0 Å². The second-order valence-electron chi connectivity index (χ2n) is 2.95. The minimum atomic E-state index is -4.20. The predicted octanol–water partition coefficient (Wildman–Crippen LogP) is 1.99. The van der Waals surface area contributed by atoms with E-state index < -0.39 is 12.7 Å². The zero-order valence-corrected chi connectivity index (χ0v) is 9.03. The van der Waals surface area contributed by atoms with Crippen LogP contribution in [-0.4, -0.2) is 24.2 Å². The standard InChI is InChI=1S/C8H12F3N3S/c1-2-14(5-8(9,10)11)7-13-6(3-12)4-15-7/h4H,2-3,5,12H2,1H3. The van der Waals surface area contributed by atoms with E-state index in [2.05, 4.69) is 4.98 Å². The highest BCUT2D eigenvalue weighted by Crippen LogP contribution is 2.24. The molecule has 0 unspecified atom stereocenters. The van der Waals surface area contributed by atoms with Crippen LogP contribution in [0.5, 0.6) is 0 Å². The smallest absolute Gasteiger partial charge is 0.339 e. The van der Waals surface area contributed by atoms with Gasteiger partial charge in [0.1, 0.15) is 6.54 Å². The van der Waals surface area contributed by atoms with Crippen molar-refractivity contribution in [3.63, 3.8) is 0 Å². The van der Waals surface area contributed by atoms with Crippen molar-refractivity contribution in [2.24, 2.45) is 5.73 Å². The van der Waals surface area contributed by atoms with Crippen LogP contribution in [0, 0.1) is 0 Å². The molecule has 86 valence electrons. The Kier molecular flexibility index (Phi) is 3.92. The molecule has 3 nitrogen and oxygen atoms in total. The number of rotatable bonds is 4. The molecule has 0 aliphatic heterocycles. The third kappa shape index (κ3) is 3.67. The van der Waals surface area contributed by atoms with E-state index in [9.17, 15) is 13.2 Å². The molecule has 0 saturated heterocycles. The van der Waals surface area contributed by atoms with E-state index >= 15 is 0 Å². The Labute approximate surface area is 89.7 Å². The van der Waals surface area contributed by atoms with Crippen molar-refractivity contribution in [1.82, 2.24) is 4.98 Å². The summed E-state index contributed by atoms with van der Waals surface area (Å²) in [7, 11) is 0. The summed E-state index contributed by atoms with van der Waals surface area (Å²) in [5.41, 5.74) is 5.96. The number of thiazole rings is 1. The van der Waals surface area contributed by atoms with Crippen molar-refractivity contribution in [3.8, 4) is 0 Å². The van der Waals surface area contributed by atoms with Crippen molar-refractivity contribution >= 4 is 16.5 Å². The molecule has 7 heteroatoms. The maximum Gasteiger partial charge on any atom is 0.406 e. The maximum absolute atomic E-state index is 12.2. The molecule has 2 N–H and O–H groups in total. The number of nitrogens with two attached hydrogens (primary N) is 1. The van der Waals surface area contributed by atoms with Gasteiger partial charge in [-0.15, -0.1) is 11.3 Å². The first kappa shape index (κ1) is 12.3. The lowest BCUT2D eigenvalue weighted by molar-refractivity contribution is -0.119. The first-order valence-corrected chi connectivity index (χ1v) is 5.30. The van der Waals surface area contributed by atoms with E-state index in [0.29, 0.717) is 10.8 Å². The summed E-state index contributed by atoms with van der Waals surface area (Å²) in [6.45, 7) is 1.22. The van der Waals surface area contributed by atoms with Gasteiger partial charge in [-0.25, -0.2) is 4.98 Å². The van der Waals surface area contributed by atoms with Gasteiger partial charge in [0.2, 0.25) is 0 Å². The second kappa shape index (κ2) is 4.80. The molecule has 0 aliphatic carbocycles. The van der Waals surface area contributed by atoms with E-state index in [0.717, 1.165) is 0 Å². The molecular weight excluding hydrogens is 227 g/mol. The fourth-order valence-electron chi connectivity index (χ4n) is 1.07. The molecule has 1 heterocycles. The largest absolute Gasteiger partial charge is 0.406 e. The molecule has 0 radical (unpaired) electrons. The van der Waals surface area contributed by atoms with Gasteiger partial charge >= 0.3 is 6.18 Å². The highest BCUT2D eigenvalue weighted by Gasteiger charge is 2.31. The molecular formula is C8H12F3N3S. The molecule has 0 fully saturated rings. The van der Waals surface area contributed by atoms with Crippen LogP contribution in [0.25, 0.3) is 0 Å². The summed E-state index contributed by atoms with van der Waals surface area (Å²) in [6.07, 6.45) is -4.20. The fraction of sp³-hybridized carbons (Fsp3) is 0.625. The monoisotopic (exact) mass is 239 g/mol. The minimum Gasteiger partial charge on any atom is -0.339 e. The number of hydrogen-bond donors (Lipinski definition) is 1. The lowest BCUT2D eigenvalue weighted by Gasteiger charge is -2.21. The third-order valence-corrected chi connectivity index (χ3v) is 2.72. The van der Waals surface area contributed by atoms with E-state index in [4.69, 9.17) is 5.73 Å². The summed E-state index contributed by atoms with van der Waals surface area (Å²) in [6, 6.07) is 0. The first-order valence-electron chi connectivity index (χ1n) is 4.42. The number of halogens is 3. The average molecular weight is 239 g/mol. The topological polar surface area (TPSA) is 42.2 Å². The molecule has 1 aromatic heterocycles. The first-order chi connectivity index (χ1) is 6.96. The highest BCUT2D eigenvalue weighted by atomic mass is 32.1. The Morgan fingerprint density at radius 3 is 2.60 bits per heavy atom. The lowest BCUT2D eigenvalue weighted by atomic mass is 10.5. The average Bonchev–Trinajstić information content (AvgIpc) is 2.60. The van der Waals surface area contributed by atoms with Gasteiger partial charge < -0.3 is 10.6 Å². The summed E-state index contributed by atoms with van der Waals surface area (Å²) in [5, 5.41) is 2.05. The van der Waals surface area contributed by atoms with Crippen molar-refractivity contribution < 1.29 is 13.2 Å². The van der Waals surface area contributed by atoms with E-state index in [1.165, 1.54) is 16.2 Å². The van der Waals surface area contributed by atoms with Gasteiger partial charge in [0.15, 0.2) is 5.13 Å². The molecule has 0 saturated carbocycles. The zero-order chi connectivity index (χ0) is 11.5. The Balaban J connectivity index is 2.74. The van der Waals surface area contributed by atoms with Crippen LogP contribution in [-0.2, 0) is 6.54 Å². The Morgan fingerprint density at radius 2 is 2.20 bits per heavy atom. The van der Waals surface area contributed by atoms with Gasteiger partial charge in [-0.1, -0.05) is 0 Å². The molecule has 15 heavy (non-hydrogen) atoms. The van der Waals surface area contributed by atoms with E-state index in [1.807, 2.05) is 0 Å². The van der Waals surface area contributed by atoms with Gasteiger partial charge in [-0.05, 0) is 6.92 Å². The van der Waals surface area contributed by atoms with E-state index in [-0.39, 0.29) is 13.1 Å². The number of aromatic nitrogens is 1. The summed E-state index contributed by atoms with van der Waals surface area (Å²) < 4.78 is 36.5. The van der Waals surface area contributed by atoms with Gasteiger partial charge in [0, 0.05) is 18.5 Å². The molecule has 0 atom stereocenters. The Bertz CT molecular complexity index is 310. The van der Waals surface area contributed by atoms with Gasteiger partial charge in [-0.3, -0.25) is 0 Å². The molecule has 0 aromatic carbocycles. The third-order valence-electron chi connectivity index (χ3n) is 1.77. The number of anilines is 1. The van der Waals surface area contributed by atoms with Gasteiger partial charge in [0.05, 0.1) is 5.69 Å². The number of nitrogens with zero attached hydrogens (tertiary/aromatic N) is 2. The quantitative estimate of drug-likeness (QED) is 0.873. The number of alkyl halides is 3. The maximum atomic E-state index is 12.2. The van der Waals surface area contributed by atoms with Crippen molar-refractivity contribution in [1.29, 1.82) is 0 Å².